The number of nitrogens with two attached hydrogens (primary N) is 1. The highest BCUT2D eigenvalue weighted by molar-refractivity contribution is 7.21. The van der Waals surface area contributed by atoms with E-state index in [0.29, 0.717) is 9.90 Å². The van der Waals surface area contributed by atoms with Crippen LogP contribution in [-0.2, 0) is 6.42 Å². The number of aryl methyl sites for hydroxylation is 1. The van der Waals surface area contributed by atoms with Gasteiger partial charge < -0.3 is 0 Å². The zero-order valence-corrected chi connectivity index (χ0v) is 10.3. The van der Waals surface area contributed by atoms with Crippen molar-refractivity contribution in [3.63, 3.8) is 0 Å². The molecule has 0 unspecified atom stereocenters. The molecular weight excluding hydrogens is 244 g/mol. The Bertz CT molecular complexity index is 550. The van der Waals surface area contributed by atoms with Crippen LogP contribution in [0.25, 0.3) is 10.1 Å². The second-order valence-corrected chi connectivity index (χ2v) is 4.83. The first-order chi connectivity index (χ1) is 7.67. The maximum absolute atomic E-state index is 11.4. The van der Waals surface area contributed by atoms with Gasteiger partial charge in [-0.3, -0.25) is 10.2 Å². The number of benzene rings is 1. The van der Waals surface area contributed by atoms with Gasteiger partial charge in [0.1, 0.15) is 4.88 Å². The fourth-order valence-corrected chi connectivity index (χ4v) is 3.02. The normalized spacial score (nSPS) is 10.7. The minimum atomic E-state index is -0.343. The number of halogens is 1. The molecule has 2 rings (SSSR count). The Morgan fingerprint density at radius 2 is 2.31 bits per heavy atom. The monoisotopic (exact) mass is 254 g/mol. The van der Waals surface area contributed by atoms with Crippen LogP contribution in [0.2, 0.25) is 5.02 Å². The van der Waals surface area contributed by atoms with Gasteiger partial charge in [-0.05, 0) is 18.1 Å². The molecule has 3 N–H and O–H groups in total. The summed E-state index contributed by atoms with van der Waals surface area (Å²) in [6, 6.07) is 6.02. The SMILES string of the molecule is CCc1ccc2c(Cl)c(C(=O)NN)sc2c1. The van der Waals surface area contributed by atoms with Crippen LogP contribution >= 0.6 is 22.9 Å². The molecule has 1 aromatic carbocycles. The summed E-state index contributed by atoms with van der Waals surface area (Å²) in [6.45, 7) is 2.09. The van der Waals surface area contributed by atoms with Crippen LogP contribution < -0.4 is 11.3 Å². The number of carbonyl (C=O) groups is 1. The molecule has 0 saturated heterocycles. The molecule has 0 aliphatic heterocycles. The molecule has 0 atom stereocenters. The summed E-state index contributed by atoms with van der Waals surface area (Å²) in [7, 11) is 0. The van der Waals surface area contributed by atoms with Crippen molar-refractivity contribution >= 4 is 38.9 Å². The van der Waals surface area contributed by atoms with E-state index in [9.17, 15) is 4.79 Å². The summed E-state index contributed by atoms with van der Waals surface area (Å²) in [5, 5.41) is 1.38. The summed E-state index contributed by atoms with van der Waals surface area (Å²) >= 11 is 7.48. The highest BCUT2D eigenvalue weighted by Crippen LogP contribution is 2.35. The summed E-state index contributed by atoms with van der Waals surface area (Å²) in [5.41, 5.74) is 3.33. The Hall–Kier alpha value is -1.10. The van der Waals surface area contributed by atoms with Crippen LogP contribution in [0, 0.1) is 0 Å². The van der Waals surface area contributed by atoms with E-state index in [1.807, 2.05) is 12.1 Å². The van der Waals surface area contributed by atoms with Crippen molar-refractivity contribution in [1.29, 1.82) is 0 Å². The lowest BCUT2D eigenvalue weighted by atomic mass is 10.1. The largest absolute Gasteiger partial charge is 0.289 e. The average Bonchev–Trinajstić information content (AvgIpc) is 2.65. The molecule has 5 heteroatoms. The lowest BCUT2D eigenvalue weighted by Gasteiger charge is -1.95. The zero-order chi connectivity index (χ0) is 11.7. The number of rotatable bonds is 2. The Kier molecular flexibility index (Phi) is 3.14. The minimum absolute atomic E-state index is 0.343. The van der Waals surface area contributed by atoms with Crippen molar-refractivity contribution in [3.05, 3.63) is 33.7 Å². The molecule has 0 saturated carbocycles. The van der Waals surface area contributed by atoms with Crippen molar-refractivity contribution in [2.45, 2.75) is 13.3 Å². The molecule has 0 aliphatic carbocycles. The summed E-state index contributed by atoms with van der Waals surface area (Å²) in [4.78, 5) is 11.9. The Balaban J connectivity index is 2.63. The van der Waals surface area contributed by atoms with Gasteiger partial charge in [-0.1, -0.05) is 30.7 Å². The van der Waals surface area contributed by atoms with E-state index in [0.717, 1.165) is 16.5 Å². The number of amides is 1. The van der Waals surface area contributed by atoms with Gasteiger partial charge in [0.05, 0.1) is 5.02 Å². The molecule has 1 amide bonds. The van der Waals surface area contributed by atoms with Gasteiger partial charge in [0, 0.05) is 10.1 Å². The number of nitrogen functional groups attached to an aromatic ring is 1. The Morgan fingerprint density at radius 3 is 2.94 bits per heavy atom. The van der Waals surface area contributed by atoms with E-state index >= 15 is 0 Å². The molecule has 0 fully saturated rings. The van der Waals surface area contributed by atoms with E-state index < -0.39 is 0 Å². The smallest absolute Gasteiger partial charge is 0.276 e. The molecule has 0 aliphatic rings. The number of hydrogen-bond acceptors (Lipinski definition) is 3. The molecule has 2 aromatic rings. The first kappa shape index (κ1) is 11.4. The van der Waals surface area contributed by atoms with E-state index in [2.05, 4.69) is 18.4 Å². The van der Waals surface area contributed by atoms with Gasteiger partial charge in [0.15, 0.2) is 0 Å². The summed E-state index contributed by atoms with van der Waals surface area (Å²) < 4.78 is 1.02. The molecular formula is C11H11ClN2OS. The number of nitrogens with one attached hydrogen (secondary N) is 1. The second kappa shape index (κ2) is 4.41. The lowest BCUT2D eigenvalue weighted by Crippen LogP contribution is -2.29. The fourth-order valence-electron chi connectivity index (χ4n) is 1.54. The third kappa shape index (κ3) is 1.80. The molecule has 3 nitrogen and oxygen atoms in total. The molecule has 0 spiro atoms. The van der Waals surface area contributed by atoms with E-state index in [-0.39, 0.29) is 5.91 Å². The number of hydrogen-bond donors (Lipinski definition) is 2. The van der Waals surface area contributed by atoms with E-state index in [1.54, 1.807) is 0 Å². The molecule has 1 aromatic heterocycles. The Labute approximate surface area is 102 Å². The van der Waals surface area contributed by atoms with E-state index in [1.165, 1.54) is 16.9 Å². The highest BCUT2D eigenvalue weighted by atomic mass is 35.5. The minimum Gasteiger partial charge on any atom is -0.289 e. The van der Waals surface area contributed by atoms with E-state index in [4.69, 9.17) is 17.4 Å². The summed E-state index contributed by atoms with van der Waals surface area (Å²) in [6.07, 6.45) is 0.962. The lowest BCUT2D eigenvalue weighted by molar-refractivity contribution is 0.0958. The van der Waals surface area contributed by atoms with Crippen molar-refractivity contribution < 1.29 is 4.79 Å². The van der Waals surface area contributed by atoms with Crippen molar-refractivity contribution in [3.8, 4) is 0 Å². The van der Waals surface area contributed by atoms with Crippen molar-refractivity contribution in [2.75, 3.05) is 0 Å². The quantitative estimate of drug-likeness (QED) is 0.492. The molecule has 1 heterocycles. The van der Waals surface area contributed by atoms with Gasteiger partial charge in [0.25, 0.3) is 5.91 Å². The van der Waals surface area contributed by atoms with Gasteiger partial charge in [-0.2, -0.15) is 0 Å². The number of carbonyl (C=O) groups excluding carboxylic acids is 1. The maximum atomic E-state index is 11.4. The third-order valence-corrected chi connectivity index (χ3v) is 4.10. The zero-order valence-electron chi connectivity index (χ0n) is 8.71. The van der Waals surface area contributed by atoms with Crippen LogP contribution in [-0.4, -0.2) is 5.91 Å². The molecule has 84 valence electrons. The summed E-state index contributed by atoms with van der Waals surface area (Å²) in [5.74, 6) is 4.76. The maximum Gasteiger partial charge on any atom is 0.276 e. The molecule has 0 radical (unpaired) electrons. The predicted octanol–water partition coefficient (Wildman–Crippen LogP) is 2.72. The number of thiophene rings is 1. The molecule has 16 heavy (non-hydrogen) atoms. The van der Waals surface area contributed by atoms with Crippen LogP contribution in [0.1, 0.15) is 22.2 Å². The van der Waals surface area contributed by atoms with Crippen molar-refractivity contribution in [2.24, 2.45) is 5.84 Å². The van der Waals surface area contributed by atoms with Crippen LogP contribution in [0.15, 0.2) is 18.2 Å². The Morgan fingerprint density at radius 1 is 1.56 bits per heavy atom. The van der Waals surface area contributed by atoms with Crippen LogP contribution in [0.3, 0.4) is 0 Å². The number of hydrazine groups is 1. The third-order valence-electron chi connectivity index (χ3n) is 2.44. The predicted molar refractivity (Wildman–Crippen MR) is 67.9 cm³/mol. The fraction of sp³-hybridized carbons (Fsp3) is 0.182. The van der Waals surface area contributed by atoms with Gasteiger partial charge in [-0.25, -0.2) is 5.84 Å². The average molecular weight is 255 g/mol. The van der Waals surface area contributed by atoms with Gasteiger partial charge >= 0.3 is 0 Å². The first-order valence-corrected chi connectivity index (χ1v) is 6.08. The number of fused-ring (bicyclic) bond motifs is 1. The van der Waals surface area contributed by atoms with Crippen LogP contribution in [0.5, 0.6) is 0 Å². The van der Waals surface area contributed by atoms with Crippen LogP contribution in [0.4, 0.5) is 0 Å². The topological polar surface area (TPSA) is 55.1 Å². The highest BCUT2D eigenvalue weighted by Gasteiger charge is 2.16. The van der Waals surface area contributed by atoms with Crippen molar-refractivity contribution in [1.82, 2.24) is 5.43 Å². The second-order valence-electron chi connectivity index (χ2n) is 3.40. The first-order valence-electron chi connectivity index (χ1n) is 4.89. The molecule has 0 bridgehead atoms. The standard InChI is InChI=1S/C11H11ClN2OS/c1-2-6-3-4-7-8(5-6)16-10(9(7)12)11(15)14-13/h3-5H,2,13H2,1H3,(H,14,15). The van der Waals surface area contributed by atoms with Gasteiger partial charge in [0.2, 0.25) is 0 Å². The van der Waals surface area contributed by atoms with Gasteiger partial charge in [-0.15, -0.1) is 11.3 Å².